The van der Waals surface area contributed by atoms with Crippen LogP contribution in [0.1, 0.15) is 6.92 Å². The molecule has 0 radical (unpaired) electrons. The number of hydrogen-bond donors (Lipinski definition) is 3. The lowest BCUT2D eigenvalue weighted by Gasteiger charge is -2.15. The Morgan fingerprint density at radius 3 is 2.55 bits per heavy atom. The lowest BCUT2D eigenvalue weighted by atomic mass is 10.0. The summed E-state index contributed by atoms with van der Waals surface area (Å²) in [6, 6.07) is 12.0. The number of nitrogens with two attached hydrogens (primary N) is 1. The third-order valence-corrected chi connectivity index (χ3v) is 6.09. The molecule has 0 saturated carbocycles. The van der Waals surface area contributed by atoms with Crippen molar-refractivity contribution in [2.45, 2.75) is 6.92 Å². The Balaban J connectivity index is 1.87. The van der Waals surface area contributed by atoms with Crippen LogP contribution in [0, 0.1) is 11.6 Å². The van der Waals surface area contributed by atoms with E-state index in [0.29, 0.717) is 28.1 Å². The van der Waals surface area contributed by atoms with Gasteiger partial charge in [-0.05, 0) is 55.0 Å². The van der Waals surface area contributed by atoms with Crippen LogP contribution < -0.4 is 20.8 Å². The van der Waals surface area contributed by atoms with Crippen LogP contribution in [0.2, 0.25) is 0 Å². The fraction of sp³-hybridized carbons (Fsp3) is 0.0909. The standard InChI is InChI=1S/C22H18F2N4O4S/c1-2-33(30,31)28-14-5-8-19(32-20-7-4-13(23)10-17(20)24)16(11-14)12-3-6-15-18(9-12)26-22(25)27-21(15)29/h3-11,28H,2H2,1H3,(H3,25,26,27,29). The third-order valence-electron chi connectivity index (χ3n) is 4.78. The zero-order chi connectivity index (χ0) is 23.8. The van der Waals surface area contributed by atoms with Gasteiger partial charge in [-0.2, -0.15) is 0 Å². The number of rotatable bonds is 6. The van der Waals surface area contributed by atoms with Crippen LogP contribution in [0.15, 0.2) is 59.4 Å². The number of halogens is 2. The molecule has 4 N–H and O–H groups in total. The molecule has 0 aliphatic rings. The van der Waals surface area contributed by atoms with Crippen molar-refractivity contribution in [3.63, 3.8) is 0 Å². The molecule has 11 heteroatoms. The van der Waals surface area contributed by atoms with E-state index in [9.17, 15) is 22.0 Å². The number of hydrogen-bond acceptors (Lipinski definition) is 6. The first-order valence-corrected chi connectivity index (χ1v) is 11.4. The minimum atomic E-state index is -3.57. The van der Waals surface area contributed by atoms with E-state index in [4.69, 9.17) is 10.5 Å². The van der Waals surface area contributed by atoms with Gasteiger partial charge in [-0.25, -0.2) is 22.2 Å². The van der Waals surface area contributed by atoms with Gasteiger partial charge >= 0.3 is 0 Å². The van der Waals surface area contributed by atoms with E-state index in [1.807, 2.05) is 0 Å². The number of fused-ring (bicyclic) bond motifs is 1. The fourth-order valence-corrected chi connectivity index (χ4v) is 3.79. The second-order valence-electron chi connectivity index (χ2n) is 7.08. The van der Waals surface area contributed by atoms with Gasteiger partial charge in [0.25, 0.3) is 5.56 Å². The van der Waals surface area contributed by atoms with Gasteiger partial charge in [-0.15, -0.1) is 0 Å². The van der Waals surface area contributed by atoms with Crippen molar-refractivity contribution in [3.8, 4) is 22.6 Å². The van der Waals surface area contributed by atoms with Gasteiger partial charge in [-0.3, -0.25) is 14.5 Å². The first kappa shape index (κ1) is 22.2. The molecule has 33 heavy (non-hydrogen) atoms. The minimum Gasteiger partial charge on any atom is -0.454 e. The zero-order valence-electron chi connectivity index (χ0n) is 17.2. The average Bonchev–Trinajstić information content (AvgIpc) is 2.76. The second-order valence-corrected chi connectivity index (χ2v) is 9.09. The minimum absolute atomic E-state index is 0.0704. The van der Waals surface area contributed by atoms with Crippen molar-refractivity contribution >= 4 is 32.6 Å². The molecule has 0 spiro atoms. The SMILES string of the molecule is CCS(=O)(=O)Nc1ccc(Oc2ccc(F)cc2F)c(-c2ccc3c(=O)[nH]c(N)nc3c2)c1. The van der Waals surface area contributed by atoms with Crippen LogP contribution in [0.5, 0.6) is 11.5 Å². The maximum Gasteiger partial charge on any atom is 0.260 e. The van der Waals surface area contributed by atoms with Gasteiger partial charge in [-0.1, -0.05) is 6.07 Å². The highest BCUT2D eigenvalue weighted by Crippen LogP contribution is 2.37. The monoisotopic (exact) mass is 472 g/mol. The number of H-pyrrole nitrogens is 1. The molecule has 0 aliphatic heterocycles. The second kappa shape index (κ2) is 8.51. The van der Waals surface area contributed by atoms with Gasteiger partial charge in [0.05, 0.1) is 16.7 Å². The van der Waals surface area contributed by atoms with Gasteiger partial charge in [0.1, 0.15) is 11.6 Å². The normalized spacial score (nSPS) is 11.5. The van der Waals surface area contributed by atoms with E-state index in [1.54, 1.807) is 12.1 Å². The topological polar surface area (TPSA) is 127 Å². The van der Waals surface area contributed by atoms with E-state index in [1.165, 1.54) is 31.2 Å². The van der Waals surface area contributed by atoms with Crippen LogP contribution in [-0.4, -0.2) is 24.1 Å². The first-order valence-electron chi connectivity index (χ1n) is 9.72. The van der Waals surface area contributed by atoms with Crippen molar-refractivity contribution in [3.05, 3.63) is 76.6 Å². The molecule has 0 unspecified atom stereocenters. The number of nitrogens with zero attached hydrogens (tertiary/aromatic N) is 1. The highest BCUT2D eigenvalue weighted by molar-refractivity contribution is 7.92. The van der Waals surface area contributed by atoms with Crippen LogP contribution in [-0.2, 0) is 10.0 Å². The highest BCUT2D eigenvalue weighted by Gasteiger charge is 2.15. The fourth-order valence-electron chi connectivity index (χ4n) is 3.16. The van der Waals surface area contributed by atoms with Crippen molar-refractivity contribution in [1.29, 1.82) is 0 Å². The summed E-state index contributed by atoms with van der Waals surface area (Å²) >= 11 is 0. The van der Waals surface area contributed by atoms with Crippen LogP contribution >= 0.6 is 0 Å². The van der Waals surface area contributed by atoms with E-state index in [0.717, 1.165) is 12.1 Å². The molecule has 4 rings (SSSR count). The van der Waals surface area contributed by atoms with Crippen molar-refractivity contribution < 1.29 is 21.9 Å². The van der Waals surface area contributed by atoms with Crippen molar-refractivity contribution in [2.24, 2.45) is 0 Å². The van der Waals surface area contributed by atoms with Gasteiger partial charge in [0, 0.05) is 17.3 Å². The Labute approximate surface area is 187 Å². The molecule has 0 aliphatic carbocycles. The number of nitrogens with one attached hydrogen (secondary N) is 2. The van der Waals surface area contributed by atoms with Gasteiger partial charge in [0.15, 0.2) is 11.6 Å². The van der Waals surface area contributed by atoms with E-state index < -0.39 is 27.2 Å². The van der Waals surface area contributed by atoms with E-state index in [-0.39, 0.29) is 28.9 Å². The Hall–Kier alpha value is -3.99. The van der Waals surface area contributed by atoms with E-state index >= 15 is 0 Å². The molecule has 170 valence electrons. The summed E-state index contributed by atoms with van der Waals surface area (Å²) in [4.78, 5) is 18.6. The lowest BCUT2D eigenvalue weighted by molar-refractivity contribution is 0.439. The number of aromatic nitrogens is 2. The Morgan fingerprint density at radius 1 is 1.06 bits per heavy atom. The first-order chi connectivity index (χ1) is 15.6. The summed E-state index contributed by atoms with van der Waals surface area (Å²) in [5.41, 5.74) is 6.64. The van der Waals surface area contributed by atoms with Crippen molar-refractivity contribution in [1.82, 2.24) is 9.97 Å². The van der Waals surface area contributed by atoms with E-state index in [2.05, 4.69) is 14.7 Å². The summed E-state index contributed by atoms with van der Waals surface area (Å²) in [7, 11) is -3.57. The summed E-state index contributed by atoms with van der Waals surface area (Å²) in [6.07, 6.45) is 0. The molecule has 0 fully saturated rings. The smallest absolute Gasteiger partial charge is 0.260 e. The van der Waals surface area contributed by atoms with Crippen LogP contribution in [0.4, 0.5) is 20.4 Å². The molecule has 0 amide bonds. The number of ether oxygens (including phenoxy) is 1. The maximum atomic E-state index is 14.2. The predicted octanol–water partition coefficient (Wildman–Crippen LogP) is 4.00. The van der Waals surface area contributed by atoms with Crippen molar-refractivity contribution in [2.75, 3.05) is 16.2 Å². The molecular weight excluding hydrogens is 454 g/mol. The number of aromatic amines is 1. The molecule has 0 saturated heterocycles. The summed E-state index contributed by atoms with van der Waals surface area (Å²) in [5.74, 6) is -1.93. The Bertz CT molecular complexity index is 1540. The van der Waals surface area contributed by atoms with Gasteiger partial charge < -0.3 is 10.5 Å². The Kier molecular flexibility index (Phi) is 5.73. The molecule has 3 aromatic carbocycles. The number of nitrogen functional groups attached to an aromatic ring is 1. The number of benzene rings is 3. The third kappa shape index (κ3) is 4.77. The largest absolute Gasteiger partial charge is 0.454 e. The molecule has 0 bridgehead atoms. The Morgan fingerprint density at radius 2 is 1.82 bits per heavy atom. The highest BCUT2D eigenvalue weighted by atomic mass is 32.2. The zero-order valence-corrected chi connectivity index (χ0v) is 18.0. The molecule has 4 aromatic rings. The van der Waals surface area contributed by atoms with Crippen LogP contribution in [0.3, 0.4) is 0 Å². The summed E-state index contributed by atoms with van der Waals surface area (Å²) < 4.78 is 59.7. The average molecular weight is 472 g/mol. The predicted molar refractivity (Wildman–Crippen MR) is 122 cm³/mol. The maximum absolute atomic E-state index is 14.2. The summed E-state index contributed by atoms with van der Waals surface area (Å²) in [5, 5.41) is 0.294. The molecular formula is C22H18F2N4O4S. The summed E-state index contributed by atoms with van der Waals surface area (Å²) in [6.45, 7) is 1.50. The molecule has 8 nitrogen and oxygen atoms in total. The number of anilines is 2. The quantitative estimate of drug-likeness (QED) is 0.389. The molecule has 0 atom stereocenters. The van der Waals surface area contributed by atoms with Gasteiger partial charge in [0.2, 0.25) is 16.0 Å². The number of sulfonamides is 1. The van der Waals surface area contributed by atoms with Crippen LogP contribution in [0.25, 0.3) is 22.0 Å². The molecule has 1 heterocycles. The lowest BCUT2D eigenvalue weighted by Crippen LogP contribution is -2.14. The molecule has 1 aromatic heterocycles.